The summed E-state index contributed by atoms with van der Waals surface area (Å²) in [7, 11) is 0. The van der Waals surface area contributed by atoms with Gasteiger partial charge in [-0.1, -0.05) is 0 Å². The van der Waals surface area contributed by atoms with Gasteiger partial charge in [0.05, 0.1) is 22.6 Å². The van der Waals surface area contributed by atoms with Crippen molar-refractivity contribution in [2.24, 2.45) is 0 Å². The fourth-order valence-electron chi connectivity index (χ4n) is 2.75. The number of hydrogen-bond donors (Lipinski definition) is 3. The summed E-state index contributed by atoms with van der Waals surface area (Å²) in [6.45, 7) is 0.485. The molecular weight excluding hydrogens is 398 g/mol. The standard InChI is InChI=1S/C19H16F2N6OS/c20-13-3-11(5-22-9-13)7-24-18(28)16-17-15(1-2-29-17)26-19(27-16)25-8-12-4-14(21)10-23-6-12/h1-6,9-10,18,24,28H,7-8H2,(H,25,26,27). The van der Waals surface area contributed by atoms with Crippen molar-refractivity contribution >= 4 is 27.5 Å². The van der Waals surface area contributed by atoms with E-state index in [4.69, 9.17) is 0 Å². The molecule has 0 bridgehead atoms. The van der Waals surface area contributed by atoms with Crippen LogP contribution in [0, 0.1) is 11.6 Å². The maximum Gasteiger partial charge on any atom is 0.223 e. The van der Waals surface area contributed by atoms with Crippen molar-refractivity contribution in [3.05, 3.63) is 76.8 Å². The number of thiophene rings is 1. The first-order valence-electron chi connectivity index (χ1n) is 8.68. The molecule has 10 heteroatoms. The van der Waals surface area contributed by atoms with Crippen LogP contribution in [-0.2, 0) is 13.1 Å². The minimum Gasteiger partial charge on any atom is -0.373 e. The first-order valence-corrected chi connectivity index (χ1v) is 9.56. The third kappa shape index (κ3) is 4.67. The second-order valence-corrected chi connectivity index (χ2v) is 7.14. The van der Waals surface area contributed by atoms with Crippen LogP contribution < -0.4 is 10.6 Å². The average Bonchev–Trinajstić information content (AvgIpc) is 3.18. The first-order chi connectivity index (χ1) is 14.1. The van der Waals surface area contributed by atoms with Gasteiger partial charge in [-0.3, -0.25) is 15.3 Å². The fourth-order valence-corrected chi connectivity index (χ4v) is 3.59. The van der Waals surface area contributed by atoms with Gasteiger partial charge in [-0.05, 0) is 34.7 Å². The molecule has 0 aliphatic carbocycles. The number of halogens is 2. The van der Waals surface area contributed by atoms with Gasteiger partial charge in [0.15, 0.2) is 0 Å². The molecule has 4 rings (SSSR count). The minimum absolute atomic E-state index is 0.209. The number of aliphatic hydroxyl groups excluding tert-OH is 1. The number of nitrogens with zero attached hydrogens (tertiary/aromatic N) is 4. The Labute approximate surface area is 168 Å². The van der Waals surface area contributed by atoms with Crippen LogP contribution in [0.4, 0.5) is 14.7 Å². The SMILES string of the molecule is OC(NCc1cncc(F)c1)c1nc(NCc2cncc(F)c2)nc2ccsc12. The van der Waals surface area contributed by atoms with Crippen molar-refractivity contribution in [3.8, 4) is 0 Å². The third-order valence-corrected chi connectivity index (χ3v) is 4.99. The highest BCUT2D eigenvalue weighted by molar-refractivity contribution is 7.17. The Morgan fingerprint density at radius 2 is 1.66 bits per heavy atom. The Bertz CT molecular complexity index is 1140. The Hall–Kier alpha value is -3.08. The number of aromatic nitrogens is 4. The van der Waals surface area contributed by atoms with Crippen molar-refractivity contribution in [1.29, 1.82) is 0 Å². The van der Waals surface area contributed by atoms with Gasteiger partial charge in [0, 0.05) is 25.5 Å². The van der Waals surface area contributed by atoms with E-state index in [-0.39, 0.29) is 13.1 Å². The van der Waals surface area contributed by atoms with Gasteiger partial charge in [-0.25, -0.2) is 18.7 Å². The number of rotatable bonds is 7. The zero-order chi connectivity index (χ0) is 20.2. The maximum absolute atomic E-state index is 13.3. The number of pyridine rings is 2. The largest absolute Gasteiger partial charge is 0.373 e. The molecule has 0 spiro atoms. The van der Waals surface area contributed by atoms with Gasteiger partial charge >= 0.3 is 0 Å². The number of aliphatic hydroxyl groups is 1. The van der Waals surface area contributed by atoms with E-state index in [2.05, 4.69) is 30.6 Å². The summed E-state index contributed by atoms with van der Waals surface area (Å²) in [6.07, 6.45) is 4.21. The third-order valence-electron chi connectivity index (χ3n) is 4.06. The zero-order valence-corrected chi connectivity index (χ0v) is 15.8. The van der Waals surface area contributed by atoms with E-state index in [1.165, 1.54) is 29.7 Å². The smallest absolute Gasteiger partial charge is 0.223 e. The molecule has 3 N–H and O–H groups in total. The zero-order valence-electron chi connectivity index (χ0n) is 15.0. The monoisotopic (exact) mass is 414 g/mol. The molecule has 148 valence electrons. The molecule has 4 heterocycles. The predicted octanol–water partition coefficient (Wildman–Crippen LogP) is 3.15. The van der Waals surface area contributed by atoms with Crippen LogP contribution in [0.15, 0.2) is 48.4 Å². The van der Waals surface area contributed by atoms with Crippen LogP contribution in [0.1, 0.15) is 23.0 Å². The molecule has 0 saturated carbocycles. The maximum atomic E-state index is 13.3. The lowest BCUT2D eigenvalue weighted by molar-refractivity contribution is 0.134. The summed E-state index contributed by atoms with van der Waals surface area (Å²) in [4.78, 5) is 16.4. The summed E-state index contributed by atoms with van der Waals surface area (Å²) in [5.41, 5.74) is 2.30. The molecule has 0 fully saturated rings. The second kappa shape index (κ2) is 8.52. The summed E-state index contributed by atoms with van der Waals surface area (Å²) in [6, 6.07) is 4.53. The Morgan fingerprint density at radius 1 is 0.966 bits per heavy atom. The van der Waals surface area contributed by atoms with Gasteiger partial charge in [-0.15, -0.1) is 11.3 Å². The predicted molar refractivity (Wildman–Crippen MR) is 105 cm³/mol. The van der Waals surface area contributed by atoms with Crippen LogP contribution in [-0.4, -0.2) is 25.0 Å². The van der Waals surface area contributed by atoms with E-state index >= 15 is 0 Å². The van der Waals surface area contributed by atoms with Gasteiger partial charge in [-0.2, -0.15) is 0 Å². The van der Waals surface area contributed by atoms with Gasteiger partial charge in [0.2, 0.25) is 5.95 Å². The van der Waals surface area contributed by atoms with Gasteiger partial charge in [0.25, 0.3) is 0 Å². The molecule has 0 saturated heterocycles. The lowest BCUT2D eigenvalue weighted by atomic mass is 10.2. The number of fused-ring (bicyclic) bond motifs is 1. The summed E-state index contributed by atoms with van der Waals surface area (Å²) < 4.78 is 27.3. The number of nitrogens with one attached hydrogen (secondary N) is 2. The molecule has 1 atom stereocenters. The molecule has 29 heavy (non-hydrogen) atoms. The summed E-state index contributed by atoms with van der Waals surface area (Å²) in [5, 5.41) is 18.4. The van der Waals surface area contributed by atoms with E-state index in [1.54, 1.807) is 6.20 Å². The molecule has 4 aromatic rings. The Balaban J connectivity index is 1.52. The van der Waals surface area contributed by atoms with E-state index in [0.717, 1.165) is 17.1 Å². The van der Waals surface area contributed by atoms with Crippen LogP contribution >= 0.6 is 11.3 Å². The summed E-state index contributed by atoms with van der Waals surface area (Å²) >= 11 is 1.41. The van der Waals surface area contributed by atoms with Crippen LogP contribution in [0.25, 0.3) is 10.2 Å². The van der Waals surface area contributed by atoms with Crippen molar-refractivity contribution in [2.75, 3.05) is 5.32 Å². The van der Waals surface area contributed by atoms with E-state index in [9.17, 15) is 13.9 Å². The van der Waals surface area contributed by atoms with E-state index in [1.807, 2.05) is 11.4 Å². The molecule has 7 nitrogen and oxygen atoms in total. The average molecular weight is 414 g/mol. The summed E-state index contributed by atoms with van der Waals surface area (Å²) in [5.74, 6) is -0.575. The highest BCUT2D eigenvalue weighted by Crippen LogP contribution is 2.27. The molecule has 0 amide bonds. The Morgan fingerprint density at radius 3 is 2.34 bits per heavy atom. The van der Waals surface area contributed by atoms with Gasteiger partial charge < -0.3 is 10.4 Å². The highest BCUT2D eigenvalue weighted by Gasteiger charge is 2.17. The highest BCUT2D eigenvalue weighted by atomic mass is 32.1. The number of hydrogen-bond acceptors (Lipinski definition) is 8. The van der Waals surface area contributed by atoms with E-state index < -0.39 is 17.9 Å². The van der Waals surface area contributed by atoms with Crippen molar-refractivity contribution in [2.45, 2.75) is 19.3 Å². The van der Waals surface area contributed by atoms with Crippen LogP contribution in [0.5, 0.6) is 0 Å². The molecule has 0 radical (unpaired) electrons. The molecule has 4 aromatic heterocycles. The number of anilines is 1. The van der Waals surface area contributed by atoms with Crippen LogP contribution in [0.3, 0.4) is 0 Å². The van der Waals surface area contributed by atoms with Gasteiger partial charge in [0.1, 0.15) is 23.6 Å². The van der Waals surface area contributed by atoms with Crippen LogP contribution in [0.2, 0.25) is 0 Å². The topological polar surface area (TPSA) is 95.8 Å². The molecule has 1 unspecified atom stereocenters. The van der Waals surface area contributed by atoms with Crippen molar-refractivity contribution < 1.29 is 13.9 Å². The normalized spacial score (nSPS) is 12.2. The first kappa shape index (κ1) is 19.2. The fraction of sp³-hybridized carbons (Fsp3) is 0.158. The quantitative estimate of drug-likeness (QED) is 0.400. The Kier molecular flexibility index (Phi) is 5.65. The van der Waals surface area contributed by atoms with Crippen molar-refractivity contribution in [3.63, 3.8) is 0 Å². The molecular formula is C19H16F2N6OS. The lowest BCUT2D eigenvalue weighted by Crippen LogP contribution is -2.22. The lowest BCUT2D eigenvalue weighted by Gasteiger charge is -2.15. The van der Waals surface area contributed by atoms with Crippen molar-refractivity contribution in [1.82, 2.24) is 25.3 Å². The molecule has 0 aromatic carbocycles. The minimum atomic E-state index is -1.10. The van der Waals surface area contributed by atoms with E-state index in [0.29, 0.717) is 28.3 Å². The molecule has 0 aliphatic rings. The second-order valence-electron chi connectivity index (χ2n) is 6.23. The molecule has 0 aliphatic heterocycles.